The second kappa shape index (κ2) is 7.37. The van der Waals surface area contributed by atoms with E-state index in [2.05, 4.69) is 107 Å². The summed E-state index contributed by atoms with van der Waals surface area (Å²) in [4.78, 5) is 0. The van der Waals surface area contributed by atoms with Crippen LogP contribution in [0.1, 0.15) is 6.17 Å². The summed E-state index contributed by atoms with van der Waals surface area (Å²) in [5, 5.41) is 10.9. The molecule has 1 aliphatic heterocycles. The van der Waals surface area contributed by atoms with Crippen molar-refractivity contribution >= 4 is 54.5 Å². The van der Waals surface area contributed by atoms with Crippen LogP contribution in [0.2, 0.25) is 0 Å². The Labute approximate surface area is 207 Å². The van der Waals surface area contributed by atoms with Crippen molar-refractivity contribution in [2.45, 2.75) is 6.17 Å². The van der Waals surface area contributed by atoms with Gasteiger partial charge >= 0.3 is 0 Å². The minimum Gasteiger partial charge on any atom is -0.456 e. The van der Waals surface area contributed by atoms with Gasteiger partial charge < -0.3 is 14.3 Å². The Morgan fingerprint density at radius 2 is 1.36 bits per heavy atom. The van der Waals surface area contributed by atoms with Crippen molar-refractivity contribution in [2.24, 2.45) is 0 Å². The summed E-state index contributed by atoms with van der Waals surface area (Å²) in [5.41, 5.74) is 6.69. The zero-order chi connectivity index (χ0) is 23.6. The molecule has 0 radical (unpaired) electrons. The van der Waals surface area contributed by atoms with Gasteiger partial charge in [-0.05, 0) is 76.6 Å². The maximum absolute atomic E-state index is 6.07. The summed E-state index contributed by atoms with van der Waals surface area (Å²) in [6, 6.07) is 34.8. The number of benzene rings is 5. The molecule has 8 rings (SSSR count). The SMILES string of the molecule is C1=CNC(n2c3ccc(-c4ccc5oc6ccccc6c5c4)cc3c3c4ccccc4ccc32)C=C1. The Bertz CT molecular complexity index is 2040. The van der Waals surface area contributed by atoms with E-state index in [9.17, 15) is 0 Å². The van der Waals surface area contributed by atoms with Crippen molar-refractivity contribution in [1.82, 2.24) is 9.88 Å². The molecule has 3 nitrogen and oxygen atoms in total. The lowest BCUT2D eigenvalue weighted by Gasteiger charge is -2.20. The van der Waals surface area contributed by atoms with Gasteiger partial charge in [0, 0.05) is 21.5 Å². The van der Waals surface area contributed by atoms with E-state index >= 15 is 0 Å². The molecule has 1 N–H and O–H groups in total. The first-order valence-electron chi connectivity index (χ1n) is 12.3. The molecule has 5 aromatic carbocycles. The van der Waals surface area contributed by atoms with E-state index in [1.165, 1.54) is 43.7 Å². The second-order valence-corrected chi connectivity index (χ2v) is 9.45. The van der Waals surface area contributed by atoms with Crippen LogP contribution in [0, 0.1) is 0 Å². The number of allylic oxidation sites excluding steroid dienone is 2. The van der Waals surface area contributed by atoms with Crippen LogP contribution in [-0.4, -0.2) is 4.57 Å². The van der Waals surface area contributed by atoms with Gasteiger partial charge in [0.15, 0.2) is 0 Å². The van der Waals surface area contributed by atoms with E-state index in [-0.39, 0.29) is 6.17 Å². The highest BCUT2D eigenvalue weighted by atomic mass is 16.3. The third-order valence-corrected chi connectivity index (χ3v) is 7.45. The van der Waals surface area contributed by atoms with Crippen LogP contribution in [0.4, 0.5) is 0 Å². The summed E-state index contributed by atoms with van der Waals surface area (Å²) in [6.45, 7) is 0. The molecule has 2 aromatic heterocycles. The van der Waals surface area contributed by atoms with Crippen LogP contribution in [0.5, 0.6) is 0 Å². The van der Waals surface area contributed by atoms with Gasteiger partial charge in [-0.3, -0.25) is 0 Å². The highest BCUT2D eigenvalue weighted by Gasteiger charge is 2.19. The molecule has 0 fully saturated rings. The predicted molar refractivity (Wildman–Crippen MR) is 150 cm³/mol. The first kappa shape index (κ1) is 19.5. The Morgan fingerprint density at radius 1 is 0.611 bits per heavy atom. The molecule has 0 amide bonds. The molecule has 3 heteroatoms. The van der Waals surface area contributed by atoms with E-state index in [0.717, 1.165) is 21.9 Å². The number of furan rings is 1. The minimum atomic E-state index is 0.0654. The van der Waals surface area contributed by atoms with E-state index in [4.69, 9.17) is 4.42 Å². The molecule has 3 heterocycles. The Kier molecular flexibility index (Phi) is 4.00. The molecule has 0 aliphatic carbocycles. The first-order chi connectivity index (χ1) is 17.8. The fourth-order valence-electron chi connectivity index (χ4n) is 5.80. The standard InChI is InChI=1S/C33H22N2O/c1-2-8-24-21(7-1)12-16-29-33(24)27-20-22(13-15-28(27)35(29)32-11-5-6-18-34-32)23-14-17-31-26(19-23)25-9-3-4-10-30(25)36-31/h1-20,32,34H. The van der Waals surface area contributed by atoms with Crippen molar-refractivity contribution in [3.8, 4) is 11.1 Å². The van der Waals surface area contributed by atoms with Gasteiger partial charge in [0.25, 0.3) is 0 Å². The van der Waals surface area contributed by atoms with Gasteiger partial charge in [-0.2, -0.15) is 0 Å². The largest absolute Gasteiger partial charge is 0.456 e. The predicted octanol–water partition coefficient (Wildman–Crippen LogP) is 8.69. The molecule has 36 heavy (non-hydrogen) atoms. The number of rotatable bonds is 2. The average Bonchev–Trinajstić information content (AvgIpc) is 3.48. The zero-order valence-electron chi connectivity index (χ0n) is 19.5. The molecule has 0 saturated heterocycles. The first-order valence-corrected chi connectivity index (χ1v) is 12.3. The monoisotopic (exact) mass is 462 g/mol. The molecule has 0 saturated carbocycles. The van der Waals surface area contributed by atoms with Crippen molar-refractivity contribution in [3.05, 3.63) is 121 Å². The van der Waals surface area contributed by atoms with Crippen LogP contribution in [0.3, 0.4) is 0 Å². The molecule has 170 valence electrons. The summed E-state index contributed by atoms with van der Waals surface area (Å²) >= 11 is 0. The molecular weight excluding hydrogens is 440 g/mol. The third-order valence-electron chi connectivity index (χ3n) is 7.45. The van der Waals surface area contributed by atoms with Crippen molar-refractivity contribution in [2.75, 3.05) is 0 Å². The maximum Gasteiger partial charge on any atom is 0.135 e. The number of nitrogens with zero attached hydrogens (tertiary/aromatic N) is 1. The van der Waals surface area contributed by atoms with Crippen LogP contribution in [-0.2, 0) is 0 Å². The van der Waals surface area contributed by atoms with E-state index < -0.39 is 0 Å². The lowest BCUT2D eigenvalue weighted by molar-refractivity contribution is 0.578. The quantitative estimate of drug-likeness (QED) is 0.278. The van der Waals surface area contributed by atoms with Crippen LogP contribution in [0.15, 0.2) is 126 Å². The summed E-state index contributed by atoms with van der Waals surface area (Å²) in [7, 11) is 0. The average molecular weight is 463 g/mol. The van der Waals surface area contributed by atoms with Gasteiger partial charge in [0.05, 0.1) is 11.0 Å². The molecule has 0 spiro atoms. The molecule has 1 unspecified atom stereocenters. The van der Waals surface area contributed by atoms with E-state index in [1.807, 2.05) is 24.4 Å². The van der Waals surface area contributed by atoms with Gasteiger partial charge in [-0.25, -0.2) is 0 Å². The highest BCUT2D eigenvalue weighted by molar-refractivity contribution is 6.21. The lowest BCUT2D eigenvalue weighted by atomic mass is 9.99. The number of fused-ring (bicyclic) bond motifs is 8. The number of para-hydroxylation sites is 1. The van der Waals surface area contributed by atoms with Gasteiger partial charge in [0.1, 0.15) is 17.3 Å². The molecule has 0 bridgehead atoms. The lowest BCUT2D eigenvalue weighted by Crippen LogP contribution is -2.21. The fourth-order valence-corrected chi connectivity index (χ4v) is 5.80. The molecule has 1 atom stereocenters. The molecular formula is C33H22N2O. The normalized spacial score (nSPS) is 15.5. The van der Waals surface area contributed by atoms with Gasteiger partial charge in [-0.15, -0.1) is 0 Å². The Morgan fingerprint density at radius 3 is 2.25 bits per heavy atom. The van der Waals surface area contributed by atoms with Crippen LogP contribution >= 0.6 is 0 Å². The topological polar surface area (TPSA) is 30.1 Å². The van der Waals surface area contributed by atoms with Gasteiger partial charge in [0.2, 0.25) is 0 Å². The van der Waals surface area contributed by atoms with Crippen molar-refractivity contribution in [3.63, 3.8) is 0 Å². The summed E-state index contributed by atoms with van der Waals surface area (Å²) in [5.74, 6) is 0. The Balaban J connectivity index is 1.42. The summed E-state index contributed by atoms with van der Waals surface area (Å²) < 4.78 is 8.48. The van der Waals surface area contributed by atoms with Crippen LogP contribution < -0.4 is 5.32 Å². The van der Waals surface area contributed by atoms with E-state index in [0.29, 0.717) is 0 Å². The number of dihydropyridines is 1. The maximum atomic E-state index is 6.07. The second-order valence-electron chi connectivity index (χ2n) is 9.45. The number of aromatic nitrogens is 1. The molecule has 1 aliphatic rings. The summed E-state index contributed by atoms with van der Waals surface area (Å²) in [6.07, 6.45) is 8.43. The number of hydrogen-bond donors (Lipinski definition) is 1. The van der Waals surface area contributed by atoms with Gasteiger partial charge in [-0.1, -0.05) is 66.7 Å². The van der Waals surface area contributed by atoms with Crippen molar-refractivity contribution < 1.29 is 4.42 Å². The smallest absolute Gasteiger partial charge is 0.135 e. The van der Waals surface area contributed by atoms with E-state index in [1.54, 1.807) is 0 Å². The van der Waals surface area contributed by atoms with Crippen molar-refractivity contribution in [1.29, 1.82) is 0 Å². The third kappa shape index (κ3) is 2.74. The zero-order valence-corrected chi connectivity index (χ0v) is 19.5. The minimum absolute atomic E-state index is 0.0654. The molecule has 7 aromatic rings. The van der Waals surface area contributed by atoms with Crippen LogP contribution in [0.25, 0.3) is 65.6 Å². The fraction of sp³-hybridized carbons (Fsp3) is 0.0303. The highest BCUT2D eigenvalue weighted by Crippen LogP contribution is 2.39. The Hall–Kier alpha value is -4.76. The number of hydrogen-bond acceptors (Lipinski definition) is 2. The number of nitrogens with one attached hydrogen (secondary N) is 1.